The molecule has 0 saturated carbocycles. The Kier molecular flexibility index (Phi) is 2.59. The molecule has 0 bridgehead atoms. The zero-order valence-electron chi connectivity index (χ0n) is 7.78. The number of nitrogens with zero attached hydrogens (tertiary/aromatic N) is 2. The number of pyridine rings is 1. The van der Waals surface area contributed by atoms with E-state index in [1.54, 1.807) is 6.07 Å². The summed E-state index contributed by atoms with van der Waals surface area (Å²) in [5.41, 5.74) is 5.61. The molecule has 3 nitrogen and oxygen atoms in total. The number of rotatable bonds is 1. The summed E-state index contributed by atoms with van der Waals surface area (Å²) in [5, 5.41) is 0.875. The van der Waals surface area contributed by atoms with Gasteiger partial charge in [-0.3, -0.25) is 0 Å². The first-order chi connectivity index (χ1) is 6.75. The molecule has 74 valence electrons. The van der Waals surface area contributed by atoms with Gasteiger partial charge in [0, 0.05) is 11.6 Å². The van der Waals surface area contributed by atoms with Gasteiger partial charge < -0.3 is 10.6 Å². The van der Waals surface area contributed by atoms with E-state index in [-0.39, 0.29) is 0 Å². The van der Waals surface area contributed by atoms with Crippen LogP contribution in [-0.2, 0) is 0 Å². The van der Waals surface area contributed by atoms with Crippen molar-refractivity contribution in [1.82, 2.24) is 4.98 Å². The molecule has 2 heterocycles. The number of nitrogen functional groups attached to an aromatic ring is 1. The number of anilines is 2. The Bertz CT molecular complexity index is 362. The zero-order valence-corrected chi connectivity index (χ0v) is 8.54. The minimum absolute atomic E-state index is 0.549. The summed E-state index contributed by atoms with van der Waals surface area (Å²) in [7, 11) is 0. The summed E-state index contributed by atoms with van der Waals surface area (Å²) in [6, 6.07) is 5.64. The summed E-state index contributed by atoms with van der Waals surface area (Å²) in [6.45, 7) is 1.69. The van der Waals surface area contributed by atoms with Crippen LogP contribution in [0.4, 0.5) is 11.6 Å². The first kappa shape index (κ1) is 9.34. The lowest BCUT2D eigenvalue weighted by Gasteiger charge is -2.26. The molecular weight excluding hydrogens is 198 g/mol. The van der Waals surface area contributed by atoms with E-state index in [1.165, 1.54) is 0 Å². The molecule has 0 radical (unpaired) electrons. The molecule has 0 saturated heterocycles. The molecular formula is C10H12ClN3. The molecule has 1 aliphatic rings. The highest BCUT2D eigenvalue weighted by Gasteiger charge is 2.12. The summed E-state index contributed by atoms with van der Waals surface area (Å²) in [6.07, 6.45) is 3.01. The van der Waals surface area contributed by atoms with Crippen molar-refractivity contribution in [3.05, 3.63) is 29.3 Å². The molecule has 2 N–H and O–H groups in total. The third kappa shape index (κ3) is 1.99. The Balaban J connectivity index is 2.19. The van der Waals surface area contributed by atoms with Gasteiger partial charge in [-0.05, 0) is 18.6 Å². The fourth-order valence-electron chi connectivity index (χ4n) is 1.51. The summed E-state index contributed by atoms with van der Waals surface area (Å²) >= 11 is 5.96. The predicted octanol–water partition coefficient (Wildman–Crippen LogP) is 2.00. The van der Waals surface area contributed by atoms with E-state index in [2.05, 4.69) is 9.88 Å². The lowest BCUT2D eigenvalue weighted by molar-refractivity contribution is 0.799. The predicted molar refractivity (Wildman–Crippen MR) is 59.4 cm³/mol. The van der Waals surface area contributed by atoms with Crippen LogP contribution in [0.3, 0.4) is 0 Å². The highest BCUT2D eigenvalue weighted by Crippen LogP contribution is 2.19. The van der Waals surface area contributed by atoms with Crippen molar-refractivity contribution < 1.29 is 0 Å². The van der Waals surface area contributed by atoms with Crippen LogP contribution in [0, 0.1) is 0 Å². The molecule has 14 heavy (non-hydrogen) atoms. The van der Waals surface area contributed by atoms with Crippen molar-refractivity contribution in [2.45, 2.75) is 6.42 Å². The van der Waals surface area contributed by atoms with Crippen LogP contribution in [0.5, 0.6) is 0 Å². The normalized spacial score (nSPS) is 16.6. The summed E-state index contributed by atoms with van der Waals surface area (Å²) in [5.74, 6) is 1.45. The lowest BCUT2D eigenvalue weighted by Crippen LogP contribution is -2.29. The maximum Gasteiger partial charge on any atom is 0.131 e. The van der Waals surface area contributed by atoms with E-state index in [4.69, 9.17) is 17.3 Å². The van der Waals surface area contributed by atoms with Crippen molar-refractivity contribution in [3.63, 3.8) is 0 Å². The van der Waals surface area contributed by atoms with E-state index >= 15 is 0 Å². The van der Waals surface area contributed by atoms with Gasteiger partial charge in [-0.1, -0.05) is 23.7 Å². The Morgan fingerprint density at radius 1 is 1.43 bits per heavy atom. The monoisotopic (exact) mass is 209 g/mol. The van der Waals surface area contributed by atoms with Gasteiger partial charge in [-0.25, -0.2) is 4.98 Å². The molecule has 0 unspecified atom stereocenters. The van der Waals surface area contributed by atoms with Gasteiger partial charge in [0.2, 0.25) is 0 Å². The van der Waals surface area contributed by atoms with Gasteiger partial charge in [-0.2, -0.15) is 0 Å². The average Bonchev–Trinajstić information content (AvgIpc) is 2.18. The molecule has 1 aromatic heterocycles. The van der Waals surface area contributed by atoms with Crippen LogP contribution < -0.4 is 10.6 Å². The van der Waals surface area contributed by atoms with Crippen LogP contribution in [-0.4, -0.2) is 18.1 Å². The van der Waals surface area contributed by atoms with E-state index < -0.39 is 0 Å². The molecule has 0 spiro atoms. The Morgan fingerprint density at radius 3 is 3.00 bits per heavy atom. The highest BCUT2D eigenvalue weighted by atomic mass is 35.5. The van der Waals surface area contributed by atoms with Crippen LogP contribution in [0.25, 0.3) is 0 Å². The molecule has 2 rings (SSSR count). The van der Waals surface area contributed by atoms with Gasteiger partial charge in [0.05, 0.1) is 6.54 Å². The average molecular weight is 210 g/mol. The minimum atomic E-state index is 0.549. The fourth-order valence-corrected chi connectivity index (χ4v) is 1.77. The van der Waals surface area contributed by atoms with E-state index in [1.807, 2.05) is 18.2 Å². The molecule has 1 aromatic rings. The molecule has 4 heteroatoms. The molecule has 0 aromatic carbocycles. The van der Waals surface area contributed by atoms with Crippen molar-refractivity contribution in [1.29, 1.82) is 0 Å². The van der Waals surface area contributed by atoms with Crippen LogP contribution in [0.15, 0.2) is 29.3 Å². The maximum atomic E-state index is 5.96. The second-order valence-corrected chi connectivity index (χ2v) is 3.77. The van der Waals surface area contributed by atoms with Crippen molar-refractivity contribution in [2.24, 2.45) is 0 Å². The number of aromatic nitrogens is 1. The Morgan fingerprint density at radius 2 is 2.29 bits per heavy atom. The van der Waals surface area contributed by atoms with E-state index in [9.17, 15) is 0 Å². The van der Waals surface area contributed by atoms with Crippen LogP contribution in [0.1, 0.15) is 6.42 Å². The molecule has 1 aliphatic heterocycles. The number of halogens is 1. The molecule has 0 atom stereocenters. The van der Waals surface area contributed by atoms with Crippen LogP contribution in [0.2, 0.25) is 0 Å². The SMILES string of the molecule is Nc1cccc(N2CCC=C(Cl)C2)n1. The molecule has 0 aliphatic carbocycles. The quantitative estimate of drug-likeness (QED) is 0.769. The zero-order chi connectivity index (χ0) is 9.97. The number of hydrogen-bond donors (Lipinski definition) is 1. The minimum Gasteiger partial charge on any atom is -0.384 e. The Hall–Kier alpha value is -1.22. The first-order valence-corrected chi connectivity index (χ1v) is 4.95. The molecule has 0 fully saturated rings. The number of hydrogen-bond acceptors (Lipinski definition) is 3. The largest absolute Gasteiger partial charge is 0.384 e. The second-order valence-electron chi connectivity index (χ2n) is 3.28. The maximum absolute atomic E-state index is 5.96. The van der Waals surface area contributed by atoms with Crippen molar-refractivity contribution in [2.75, 3.05) is 23.7 Å². The van der Waals surface area contributed by atoms with E-state index in [0.29, 0.717) is 5.82 Å². The van der Waals surface area contributed by atoms with E-state index in [0.717, 1.165) is 30.4 Å². The topological polar surface area (TPSA) is 42.1 Å². The first-order valence-electron chi connectivity index (χ1n) is 4.58. The summed E-state index contributed by atoms with van der Waals surface area (Å²) in [4.78, 5) is 6.37. The molecule has 0 amide bonds. The second kappa shape index (κ2) is 3.88. The van der Waals surface area contributed by atoms with Crippen molar-refractivity contribution >= 4 is 23.2 Å². The van der Waals surface area contributed by atoms with Crippen LogP contribution >= 0.6 is 11.6 Å². The van der Waals surface area contributed by atoms with Gasteiger partial charge in [-0.15, -0.1) is 0 Å². The lowest BCUT2D eigenvalue weighted by atomic mass is 10.2. The van der Waals surface area contributed by atoms with Gasteiger partial charge in [0.15, 0.2) is 0 Å². The standard InChI is InChI=1S/C10H12ClN3/c11-8-3-2-6-14(7-8)10-5-1-4-9(12)13-10/h1,3-5H,2,6-7H2,(H2,12,13). The third-order valence-electron chi connectivity index (χ3n) is 2.19. The fraction of sp³-hybridized carbons (Fsp3) is 0.300. The van der Waals surface area contributed by atoms with Gasteiger partial charge in [0.25, 0.3) is 0 Å². The Labute approximate surface area is 88.2 Å². The summed E-state index contributed by atoms with van der Waals surface area (Å²) < 4.78 is 0. The van der Waals surface area contributed by atoms with Gasteiger partial charge in [0.1, 0.15) is 11.6 Å². The highest BCUT2D eigenvalue weighted by molar-refractivity contribution is 6.30. The smallest absolute Gasteiger partial charge is 0.131 e. The van der Waals surface area contributed by atoms with Gasteiger partial charge >= 0.3 is 0 Å². The number of nitrogens with two attached hydrogens (primary N) is 1. The van der Waals surface area contributed by atoms with Crippen molar-refractivity contribution in [3.8, 4) is 0 Å². The third-order valence-corrected chi connectivity index (χ3v) is 2.46.